The lowest BCUT2D eigenvalue weighted by atomic mass is 9.98. The van der Waals surface area contributed by atoms with Crippen LogP contribution >= 0.6 is 15.9 Å². The van der Waals surface area contributed by atoms with Crippen LogP contribution in [-0.2, 0) is 0 Å². The highest BCUT2D eigenvalue weighted by molar-refractivity contribution is 9.10. The number of fused-ring (bicyclic) bond motifs is 2. The van der Waals surface area contributed by atoms with Crippen molar-refractivity contribution in [3.8, 4) is 0 Å². The zero-order valence-corrected chi connectivity index (χ0v) is 14.0. The van der Waals surface area contributed by atoms with Gasteiger partial charge in [0, 0.05) is 30.9 Å². The van der Waals surface area contributed by atoms with Crippen LogP contribution in [0, 0.1) is 6.92 Å². The zero-order valence-electron chi connectivity index (χ0n) is 12.4. The van der Waals surface area contributed by atoms with Gasteiger partial charge in [0.2, 0.25) is 0 Å². The van der Waals surface area contributed by atoms with Gasteiger partial charge in [-0.25, -0.2) is 4.98 Å². The van der Waals surface area contributed by atoms with Gasteiger partial charge in [-0.3, -0.25) is 0 Å². The van der Waals surface area contributed by atoms with Crippen LogP contribution in [0.3, 0.4) is 0 Å². The molecule has 1 N–H and O–H groups in total. The van der Waals surface area contributed by atoms with Crippen LogP contribution < -0.4 is 10.2 Å². The molecule has 0 saturated carbocycles. The Labute approximate surface area is 130 Å². The van der Waals surface area contributed by atoms with Gasteiger partial charge in [-0.2, -0.15) is 0 Å². The quantitative estimate of drug-likeness (QED) is 0.908. The smallest absolute Gasteiger partial charge is 0.143 e. The van der Waals surface area contributed by atoms with Crippen LogP contribution in [0.15, 0.2) is 16.7 Å². The van der Waals surface area contributed by atoms with E-state index >= 15 is 0 Å². The lowest BCUT2D eigenvalue weighted by Crippen LogP contribution is -2.49. The Hall–Kier alpha value is -0.610. The summed E-state index contributed by atoms with van der Waals surface area (Å²) < 4.78 is 1.14. The molecular weight excluding hydrogens is 314 g/mol. The van der Waals surface area contributed by atoms with Crippen LogP contribution in [-0.4, -0.2) is 29.7 Å². The van der Waals surface area contributed by atoms with E-state index in [9.17, 15) is 0 Å². The molecule has 2 bridgehead atoms. The van der Waals surface area contributed by atoms with Gasteiger partial charge in [0.1, 0.15) is 5.82 Å². The molecule has 1 aromatic rings. The van der Waals surface area contributed by atoms with Crippen molar-refractivity contribution in [2.45, 2.75) is 64.1 Å². The third kappa shape index (κ3) is 2.86. The highest BCUT2D eigenvalue weighted by Crippen LogP contribution is 2.34. The Kier molecular flexibility index (Phi) is 4.32. The van der Waals surface area contributed by atoms with E-state index in [0.29, 0.717) is 6.04 Å². The number of hydrogen-bond donors (Lipinski definition) is 1. The lowest BCUT2D eigenvalue weighted by Gasteiger charge is -2.39. The number of halogens is 1. The van der Waals surface area contributed by atoms with Gasteiger partial charge < -0.3 is 10.2 Å². The molecule has 2 atom stereocenters. The predicted octanol–water partition coefficient (Wildman–Crippen LogP) is 3.65. The van der Waals surface area contributed by atoms with E-state index in [4.69, 9.17) is 4.98 Å². The number of rotatable bonds is 4. The third-order valence-corrected chi connectivity index (χ3v) is 5.17. The van der Waals surface area contributed by atoms with E-state index < -0.39 is 0 Å². The van der Waals surface area contributed by atoms with E-state index in [-0.39, 0.29) is 0 Å². The van der Waals surface area contributed by atoms with Crippen molar-refractivity contribution in [2.24, 2.45) is 0 Å². The van der Waals surface area contributed by atoms with Crippen molar-refractivity contribution in [3.05, 3.63) is 22.3 Å². The van der Waals surface area contributed by atoms with Crippen molar-refractivity contribution < 1.29 is 0 Å². The van der Waals surface area contributed by atoms with Crippen LogP contribution in [0.4, 0.5) is 5.82 Å². The molecule has 1 aromatic heterocycles. The van der Waals surface area contributed by atoms with Crippen molar-refractivity contribution in [2.75, 3.05) is 11.4 Å². The summed E-state index contributed by atoms with van der Waals surface area (Å²) in [6, 6.07) is 4.27. The standard InChI is InChI=1S/C16H24BrN3/c1-3-6-20(16-15(17)7-11(2)10-18-16)14-8-12-4-5-13(9-14)19-12/h7,10,12-14,19H,3-6,8-9H2,1-2H3. The maximum absolute atomic E-state index is 4.70. The molecule has 2 unspecified atom stereocenters. The van der Waals surface area contributed by atoms with Gasteiger partial charge in [0.05, 0.1) is 4.47 Å². The number of nitrogens with one attached hydrogen (secondary N) is 1. The molecule has 3 rings (SSSR count). The molecular formula is C16H24BrN3. The monoisotopic (exact) mass is 337 g/mol. The van der Waals surface area contributed by atoms with E-state index in [1.807, 2.05) is 6.20 Å². The zero-order chi connectivity index (χ0) is 14.1. The van der Waals surface area contributed by atoms with Gasteiger partial charge in [0.25, 0.3) is 0 Å². The predicted molar refractivity (Wildman–Crippen MR) is 87.3 cm³/mol. The minimum Gasteiger partial charge on any atom is -0.353 e. The maximum Gasteiger partial charge on any atom is 0.143 e. The third-order valence-electron chi connectivity index (χ3n) is 4.58. The van der Waals surface area contributed by atoms with Crippen LogP contribution in [0.5, 0.6) is 0 Å². The topological polar surface area (TPSA) is 28.2 Å². The molecule has 20 heavy (non-hydrogen) atoms. The molecule has 0 spiro atoms. The number of nitrogens with zero attached hydrogens (tertiary/aromatic N) is 2. The Balaban J connectivity index is 1.84. The molecule has 2 fully saturated rings. The molecule has 110 valence electrons. The van der Waals surface area contributed by atoms with Crippen LogP contribution in [0.1, 0.15) is 44.6 Å². The molecule has 4 heteroatoms. The summed E-state index contributed by atoms with van der Waals surface area (Å²) in [5, 5.41) is 3.73. The van der Waals surface area contributed by atoms with Crippen molar-refractivity contribution in [1.29, 1.82) is 0 Å². The number of pyridine rings is 1. The van der Waals surface area contributed by atoms with Crippen molar-refractivity contribution in [1.82, 2.24) is 10.3 Å². The summed E-state index contributed by atoms with van der Waals surface area (Å²) >= 11 is 3.71. The first-order valence-electron chi connectivity index (χ1n) is 7.82. The van der Waals surface area contributed by atoms with Crippen LogP contribution in [0.25, 0.3) is 0 Å². The number of aryl methyl sites for hydroxylation is 1. The number of piperidine rings is 1. The largest absolute Gasteiger partial charge is 0.353 e. The summed E-state index contributed by atoms with van der Waals surface area (Å²) in [6.45, 7) is 5.44. The molecule has 3 heterocycles. The minimum absolute atomic E-state index is 0.639. The lowest BCUT2D eigenvalue weighted by molar-refractivity contribution is 0.345. The van der Waals surface area contributed by atoms with Gasteiger partial charge in [-0.15, -0.1) is 0 Å². The highest BCUT2D eigenvalue weighted by atomic mass is 79.9. The van der Waals surface area contributed by atoms with Crippen molar-refractivity contribution in [3.63, 3.8) is 0 Å². The van der Waals surface area contributed by atoms with Crippen LogP contribution in [0.2, 0.25) is 0 Å². The second-order valence-electron chi connectivity index (χ2n) is 6.27. The first-order valence-corrected chi connectivity index (χ1v) is 8.61. The minimum atomic E-state index is 0.639. The van der Waals surface area contributed by atoms with E-state index in [0.717, 1.165) is 28.9 Å². The van der Waals surface area contributed by atoms with E-state index in [2.05, 4.69) is 46.1 Å². The average Bonchev–Trinajstić information content (AvgIpc) is 2.76. The summed E-state index contributed by atoms with van der Waals surface area (Å²) in [6.07, 6.45) is 8.38. The fourth-order valence-electron chi connectivity index (χ4n) is 3.72. The van der Waals surface area contributed by atoms with Crippen molar-refractivity contribution >= 4 is 21.7 Å². The molecule has 2 aliphatic heterocycles. The second-order valence-corrected chi connectivity index (χ2v) is 7.13. The van der Waals surface area contributed by atoms with E-state index in [1.54, 1.807) is 0 Å². The molecule has 0 aliphatic carbocycles. The van der Waals surface area contributed by atoms with E-state index in [1.165, 1.54) is 37.7 Å². The summed E-state index contributed by atoms with van der Waals surface area (Å²) in [7, 11) is 0. The molecule has 0 amide bonds. The van der Waals surface area contributed by atoms with Gasteiger partial charge in [0.15, 0.2) is 0 Å². The normalized spacial score (nSPS) is 28.6. The average molecular weight is 338 g/mol. The van der Waals surface area contributed by atoms with Gasteiger partial charge in [-0.05, 0) is 66.6 Å². The molecule has 2 saturated heterocycles. The molecule has 2 aliphatic rings. The molecule has 0 radical (unpaired) electrons. The number of aromatic nitrogens is 1. The second kappa shape index (κ2) is 6.02. The first-order chi connectivity index (χ1) is 9.67. The SMILES string of the molecule is CCCN(c1ncc(C)cc1Br)C1CC2CCC(C1)N2. The molecule has 0 aromatic carbocycles. The van der Waals surface area contributed by atoms with Gasteiger partial charge >= 0.3 is 0 Å². The Bertz CT molecular complexity index is 465. The number of hydrogen-bond acceptors (Lipinski definition) is 3. The Morgan fingerprint density at radius 1 is 1.35 bits per heavy atom. The summed E-state index contributed by atoms with van der Waals surface area (Å²) in [4.78, 5) is 7.24. The Morgan fingerprint density at radius 2 is 2.05 bits per heavy atom. The summed E-state index contributed by atoms with van der Waals surface area (Å²) in [5.41, 5.74) is 1.21. The number of anilines is 1. The maximum atomic E-state index is 4.70. The first kappa shape index (κ1) is 14.3. The summed E-state index contributed by atoms with van der Waals surface area (Å²) in [5.74, 6) is 1.13. The fraction of sp³-hybridized carbons (Fsp3) is 0.688. The highest BCUT2D eigenvalue weighted by Gasteiger charge is 2.36. The Morgan fingerprint density at radius 3 is 2.65 bits per heavy atom. The fourth-order valence-corrected chi connectivity index (χ4v) is 4.41. The molecule has 3 nitrogen and oxygen atoms in total. The van der Waals surface area contributed by atoms with Gasteiger partial charge in [-0.1, -0.05) is 6.92 Å².